The van der Waals surface area contributed by atoms with Crippen LogP contribution in [-0.4, -0.2) is 24.1 Å². The lowest BCUT2D eigenvalue weighted by molar-refractivity contribution is -0.140. The van der Waals surface area contributed by atoms with E-state index in [2.05, 4.69) is 16.4 Å². The SMILES string of the molecule is CC(=O)OCC1=CC=CC1CNc1ccnc2cc(Cl)ccc12. The summed E-state index contributed by atoms with van der Waals surface area (Å²) in [6, 6.07) is 7.62. The molecule has 118 valence electrons. The molecule has 0 radical (unpaired) electrons. The number of nitrogens with one attached hydrogen (secondary N) is 1. The number of ether oxygens (including phenoxy) is 1. The first-order valence-electron chi connectivity index (χ1n) is 7.42. The average molecular weight is 329 g/mol. The molecule has 1 unspecified atom stereocenters. The van der Waals surface area contributed by atoms with Crippen LogP contribution in [-0.2, 0) is 9.53 Å². The first kappa shape index (κ1) is 15.6. The number of pyridine rings is 1. The van der Waals surface area contributed by atoms with E-state index in [0.717, 1.165) is 28.7 Å². The van der Waals surface area contributed by atoms with E-state index in [0.29, 0.717) is 11.6 Å². The number of nitrogens with zero attached hydrogens (tertiary/aromatic N) is 1. The Morgan fingerprint density at radius 1 is 1.39 bits per heavy atom. The molecule has 1 aliphatic carbocycles. The summed E-state index contributed by atoms with van der Waals surface area (Å²) in [4.78, 5) is 15.3. The molecule has 2 aromatic rings. The second kappa shape index (κ2) is 6.84. The number of fused-ring (bicyclic) bond motifs is 1. The molecular formula is C18H17ClN2O2. The lowest BCUT2D eigenvalue weighted by Crippen LogP contribution is -2.17. The molecule has 0 saturated heterocycles. The van der Waals surface area contributed by atoms with Gasteiger partial charge in [0.15, 0.2) is 0 Å². The summed E-state index contributed by atoms with van der Waals surface area (Å²) in [6.45, 7) is 2.48. The Labute approximate surface area is 139 Å². The van der Waals surface area contributed by atoms with Crippen LogP contribution in [0.15, 0.2) is 54.3 Å². The Hall–Kier alpha value is -2.33. The van der Waals surface area contributed by atoms with Crippen molar-refractivity contribution in [1.29, 1.82) is 0 Å². The predicted octanol–water partition coefficient (Wildman–Crippen LogP) is 3.98. The zero-order chi connectivity index (χ0) is 16.2. The minimum atomic E-state index is -0.262. The Bertz CT molecular complexity index is 799. The maximum atomic E-state index is 11.0. The minimum absolute atomic E-state index is 0.213. The number of carbonyl (C=O) groups is 1. The first-order valence-corrected chi connectivity index (χ1v) is 7.80. The number of benzene rings is 1. The van der Waals surface area contributed by atoms with Crippen LogP contribution in [0, 0.1) is 5.92 Å². The van der Waals surface area contributed by atoms with Crippen LogP contribution >= 0.6 is 11.6 Å². The van der Waals surface area contributed by atoms with E-state index >= 15 is 0 Å². The average Bonchev–Trinajstić information content (AvgIpc) is 2.98. The smallest absolute Gasteiger partial charge is 0.302 e. The van der Waals surface area contributed by atoms with Crippen molar-refractivity contribution in [3.8, 4) is 0 Å². The third-order valence-electron chi connectivity index (χ3n) is 3.79. The number of halogens is 1. The summed E-state index contributed by atoms with van der Waals surface area (Å²) in [6.07, 6.45) is 7.86. The molecule has 0 fully saturated rings. The van der Waals surface area contributed by atoms with Gasteiger partial charge in [0.1, 0.15) is 6.61 Å². The lowest BCUT2D eigenvalue weighted by atomic mass is 10.0. The maximum absolute atomic E-state index is 11.0. The van der Waals surface area contributed by atoms with Crippen molar-refractivity contribution in [2.24, 2.45) is 5.92 Å². The van der Waals surface area contributed by atoms with Gasteiger partial charge in [-0.2, -0.15) is 0 Å². The van der Waals surface area contributed by atoms with Crippen molar-refractivity contribution in [3.63, 3.8) is 0 Å². The van der Waals surface area contributed by atoms with Crippen molar-refractivity contribution >= 4 is 34.2 Å². The fourth-order valence-electron chi connectivity index (χ4n) is 2.60. The molecule has 0 aliphatic heterocycles. The fraction of sp³-hybridized carbons (Fsp3) is 0.222. The standard InChI is InChI=1S/C18H17ClN2O2/c1-12(22)23-11-14-4-2-3-13(14)10-21-17-7-8-20-18-9-15(19)5-6-16(17)18/h2-9,13H,10-11H2,1H3,(H,20,21). The Kier molecular flexibility index (Phi) is 4.63. The van der Waals surface area contributed by atoms with Gasteiger partial charge < -0.3 is 10.1 Å². The van der Waals surface area contributed by atoms with Gasteiger partial charge in [0.25, 0.3) is 0 Å². The summed E-state index contributed by atoms with van der Waals surface area (Å²) in [7, 11) is 0. The van der Waals surface area contributed by atoms with Gasteiger partial charge in [-0.15, -0.1) is 0 Å². The monoisotopic (exact) mass is 328 g/mol. The summed E-state index contributed by atoms with van der Waals surface area (Å²) in [5.74, 6) is -0.0496. The molecule has 1 heterocycles. The van der Waals surface area contributed by atoms with Crippen molar-refractivity contribution in [1.82, 2.24) is 4.98 Å². The van der Waals surface area contributed by atoms with E-state index < -0.39 is 0 Å². The lowest BCUT2D eigenvalue weighted by Gasteiger charge is -2.16. The number of hydrogen-bond acceptors (Lipinski definition) is 4. The maximum Gasteiger partial charge on any atom is 0.302 e. The Balaban J connectivity index is 1.70. The topological polar surface area (TPSA) is 51.2 Å². The molecule has 5 heteroatoms. The van der Waals surface area contributed by atoms with Crippen molar-refractivity contribution in [3.05, 3.63) is 59.3 Å². The van der Waals surface area contributed by atoms with E-state index in [9.17, 15) is 4.79 Å². The van der Waals surface area contributed by atoms with Crippen LogP contribution in [0.1, 0.15) is 6.92 Å². The van der Waals surface area contributed by atoms with Gasteiger partial charge in [-0.1, -0.05) is 29.8 Å². The quantitative estimate of drug-likeness (QED) is 0.844. The number of anilines is 1. The summed E-state index contributed by atoms with van der Waals surface area (Å²) in [5, 5.41) is 5.16. The molecule has 1 aromatic heterocycles. The summed E-state index contributed by atoms with van der Waals surface area (Å²) < 4.78 is 5.09. The van der Waals surface area contributed by atoms with Crippen LogP contribution in [0.25, 0.3) is 10.9 Å². The molecule has 0 saturated carbocycles. The van der Waals surface area contributed by atoms with E-state index in [1.807, 2.05) is 36.4 Å². The second-order valence-electron chi connectivity index (χ2n) is 5.41. The fourth-order valence-corrected chi connectivity index (χ4v) is 2.76. The summed E-state index contributed by atoms with van der Waals surface area (Å²) in [5.41, 5.74) is 2.97. The predicted molar refractivity (Wildman–Crippen MR) is 92.6 cm³/mol. The number of aromatic nitrogens is 1. The molecule has 4 nitrogen and oxygen atoms in total. The van der Waals surface area contributed by atoms with Crippen LogP contribution < -0.4 is 5.32 Å². The number of allylic oxidation sites excluding steroid dienone is 2. The molecule has 3 rings (SSSR count). The molecule has 1 N–H and O–H groups in total. The molecule has 1 aliphatic rings. The highest BCUT2D eigenvalue weighted by Crippen LogP contribution is 2.26. The zero-order valence-corrected chi connectivity index (χ0v) is 13.5. The van der Waals surface area contributed by atoms with Gasteiger partial charge in [0.05, 0.1) is 5.52 Å². The molecule has 0 spiro atoms. The van der Waals surface area contributed by atoms with Crippen molar-refractivity contribution < 1.29 is 9.53 Å². The second-order valence-corrected chi connectivity index (χ2v) is 5.85. The zero-order valence-electron chi connectivity index (χ0n) is 12.8. The van der Waals surface area contributed by atoms with Crippen LogP contribution in [0.3, 0.4) is 0 Å². The number of esters is 1. The molecule has 1 atom stereocenters. The molecule has 23 heavy (non-hydrogen) atoms. The van der Waals surface area contributed by atoms with Crippen LogP contribution in [0.2, 0.25) is 5.02 Å². The minimum Gasteiger partial charge on any atom is -0.461 e. The molecular weight excluding hydrogens is 312 g/mol. The Morgan fingerprint density at radius 3 is 3.09 bits per heavy atom. The number of carbonyl (C=O) groups excluding carboxylic acids is 1. The van der Waals surface area contributed by atoms with E-state index in [4.69, 9.17) is 16.3 Å². The van der Waals surface area contributed by atoms with Gasteiger partial charge in [-0.25, -0.2) is 0 Å². The normalized spacial score (nSPS) is 16.4. The third kappa shape index (κ3) is 3.71. The highest BCUT2D eigenvalue weighted by atomic mass is 35.5. The Morgan fingerprint density at radius 2 is 2.26 bits per heavy atom. The molecule has 1 aromatic carbocycles. The first-order chi connectivity index (χ1) is 11.1. The van der Waals surface area contributed by atoms with E-state index in [1.165, 1.54) is 6.92 Å². The van der Waals surface area contributed by atoms with E-state index in [1.54, 1.807) is 6.20 Å². The molecule has 0 amide bonds. The number of rotatable bonds is 5. The van der Waals surface area contributed by atoms with Gasteiger partial charge in [-0.05, 0) is 29.8 Å². The van der Waals surface area contributed by atoms with Crippen LogP contribution in [0.5, 0.6) is 0 Å². The largest absolute Gasteiger partial charge is 0.461 e. The van der Waals surface area contributed by atoms with Crippen LogP contribution in [0.4, 0.5) is 5.69 Å². The summed E-state index contributed by atoms with van der Waals surface area (Å²) >= 11 is 6.01. The van der Waals surface area contributed by atoms with Gasteiger partial charge in [0, 0.05) is 41.7 Å². The molecule has 0 bridgehead atoms. The van der Waals surface area contributed by atoms with E-state index in [-0.39, 0.29) is 11.9 Å². The third-order valence-corrected chi connectivity index (χ3v) is 4.02. The van der Waals surface area contributed by atoms with Gasteiger partial charge in [-0.3, -0.25) is 9.78 Å². The van der Waals surface area contributed by atoms with Gasteiger partial charge >= 0.3 is 5.97 Å². The highest BCUT2D eigenvalue weighted by Gasteiger charge is 2.16. The highest BCUT2D eigenvalue weighted by molar-refractivity contribution is 6.31. The van der Waals surface area contributed by atoms with Crippen molar-refractivity contribution in [2.45, 2.75) is 6.92 Å². The van der Waals surface area contributed by atoms with Gasteiger partial charge in [0.2, 0.25) is 0 Å². The number of hydrogen-bond donors (Lipinski definition) is 1. The van der Waals surface area contributed by atoms with Crippen molar-refractivity contribution in [2.75, 3.05) is 18.5 Å².